The van der Waals surface area contributed by atoms with Gasteiger partial charge in [-0.2, -0.15) is 5.26 Å². The third-order valence-electron chi connectivity index (χ3n) is 4.12. The van der Waals surface area contributed by atoms with Gasteiger partial charge in [0.05, 0.1) is 38.1 Å². The Kier molecular flexibility index (Phi) is 5.34. The Labute approximate surface area is 124 Å². The summed E-state index contributed by atoms with van der Waals surface area (Å²) in [6.07, 6.45) is 5.77. The number of rotatable bonds is 5. The highest BCUT2D eigenvalue weighted by molar-refractivity contribution is 5.81. The third kappa shape index (κ3) is 3.62. The number of methoxy groups -OCH3 is 1. The summed E-state index contributed by atoms with van der Waals surface area (Å²) in [5, 5.41) is 18.4. The summed E-state index contributed by atoms with van der Waals surface area (Å²) in [4.78, 5) is 11.1. The van der Waals surface area contributed by atoms with Crippen molar-refractivity contribution in [2.75, 3.05) is 13.7 Å². The molecule has 6 heteroatoms. The van der Waals surface area contributed by atoms with E-state index in [1.807, 2.05) is 0 Å². The molecule has 0 aromatic carbocycles. The number of esters is 1. The maximum absolute atomic E-state index is 11.1. The van der Waals surface area contributed by atoms with Crippen LogP contribution in [0.25, 0.3) is 0 Å². The van der Waals surface area contributed by atoms with E-state index in [1.165, 1.54) is 13.2 Å². The summed E-state index contributed by atoms with van der Waals surface area (Å²) in [5.41, 5.74) is -0.719. The summed E-state index contributed by atoms with van der Waals surface area (Å²) < 4.78 is 16.4. The minimum Gasteiger partial charge on any atom is -0.466 e. The molecular formula is C15H21NO5. The highest BCUT2D eigenvalue weighted by atomic mass is 16.6. The van der Waals surface area contributed by atoms with E-state index in [9.17, 15) is 9.90 Å². The largest absolute Gasteiger partial charge is 0.466 e. The van der Waals surface area contributed by atoms with Crippen LogP contribution in [0.15, 0.2) is 12.2 Å². The summed E-state index contributed by atoms with van der Waals surface area (Å²) in [7, 11) is 1.32. The zero-order valence-corrected chi connectivity index (χ0v) is 12.2. The van der Waals surface area contributed by atoms with Crippen molar-refractivity contribution in [2.24, 2.45) is 0 Å². The van der Waals surface area contributed by atoms with Gasteiger partial charge in [-0.15, -0.1) is 0 Å². The molecule has 0 aromatic heterocycles. The van der Waals surface area contributed by atoms with Gasteiger partial charge in [-0.1, -0.05) is 0 Å². The second kappa shape index (κ2) is 7.03. The quantitative estimate of drug-likeness (QED) is 0.603. The fourth-order valence-corrected chi connectivity index (χ4v) is 3.04. The molecule has 116 valence electrons. The van der Waals surface area contributed by atoms with Crippen LogP contribution in [0.2, 0.25) is 0 Å². The molecule has 0 aromatic rings. The van der Waals surface area contributed by atoms with Gasteiger partial charge in [-0.3, -0.25) is 0 Å². The van der Waals surface area contributed by atoms with Crippen molar-refractivity contribution < 1.29 is 24.1 Å². The Morgan fingerprint density at radius 1 is 1.57 bits per heavy atom. The second-order valence-electron chi connectivity index (χ2n) is 5.49. The lowest BCUT2D eigenvalue weighted by molar-refractivity contribution is -0.182. The molecule has 2 rings (SSSR count). The van der Waals surface area contributed by atoms with Crippen molar-refractivity contribution in [3.63, 3.8) is 0 Å². The number of fused-ring (bicyclic) bond motifs is 1. The maximum Gasteiger partial charge on any atom is 0.330 e. The summed E-state index contributed by atoms with van der Waals surface area (Å²) in [6, 6.07) is 2.12. The fourth-order valence-electron chi connectivity index (χ4n) is 3.04. The molecule has 2 fully saturated rings. The lowest BCUT2D eigenvalue weighted by Gasteiger charge is -2.40. The van der Waals surface area contributed by atoms with E-state index in [0.29, 0.717) is 19.3 Å². The van der Waals surface area contributed by atoms with E-state index in [1.54, 1.807) is 6.08 Å². The molecule has 0 spiro atoms. The Bertz CT molecular complexity index is 444. The predicted molar refractivity (Wildman–Crippen MR) is 73.2 cm³/mol. The molecule has 0 saturated carbocycles. The molecule has 0 aliphatic carbocycles. The Balaban J connectivity index is 2.00. The minimum absolute atomic E-state index is 0.0139. The third-order valence-corrected chi connectivity index (χ3v) is 4.12. The van der Waals surface area contributed by atoms with E-state index < -0.39 is 11.6 Å². The van der Waals surface area contributed by atoms with E-state index in [4.69, 9.17) is 14.7 Å². The molecule has 2 aliphatic heterocycles. The molecule has 6 nitrogen and oxygen atoms in total. The van der Waals surface area contributed by atoms with Gasteiger partial charge in [0.1, 0.15) is 5.60 Å². The van der Waals surface area contributed by atoms with Gasteiger partial charge in [0.2, 0.25) is 0 Å². The van der Waals surface area contributed by atoms with Crippen molar-refractivity contribution in [3.05, 3.63) is 12.2 Å². The van der Waals surface area contributed by atoms with Crippen LogP contribution in [0.1, 0.15) is 32.1 Å². The van der Waals surface area contributed by atoms with Gasteiger partial charge in [0, 0.05) is 18.9 Å². The summed E-state index contributed by atoms with van der Waals surface area (Å²) in [6.45, 7) is -0.122. The highest BCUT2D eigenvalue weighted by Crippen LogP contribution is 2.42. The number of hydrogen-bond acceptors (Lipinski definition) is 6. The first-order chi connectivity index (χ1) is 10.1. The Morgan fingerprint density at radius 2 is 2.38 bits per heavy atom. The lowest BCUT2D eigenvalue weighted by atomic mass is 9.86. The summed E-state index contributed by atoms with van der Waals surface area (Å²) >= 11 is 0. The molecule has 2 saturated heterocycles. The highest BCUT2D eigenvalue weighted by Gasteiger charge is 2.52. The average molecular weight is 295 g/mol. The first-order valence-corrected chi connectivity index (χ1v) is 7.21. The van der Waals surface area contributed by atoms with Crippen molar-refractivity contribution in [1.82, 2.24) is 0 Å². The van der Waals surface area contributed by atoms with Crippen molar-refractivity contribution in [1.29, 1.82) is 5.26 Å². The zero-order chi connectivity index (χ0) is 15.3. The van der Waals surface area contributed by atoms with Crippen molar-refractivity contribution in [3.8, 4) is 6.07 Å². The van der Waals surface area contributed by atoms with Crippen molar-refractivity contribution >= 4 is 5.97 Å². The number of aliphatic hydroxyl groups excluding tert-OH is 1. The normalized spacial score (nSPS) is 35.4. The first-order valence-electron chi connectivity index (χ1n) is 7.21. The fraction of sp³-hybridized carbons (Fsp3) is 0.733. The zero-order valence-electron chi connectivity index (χ0n) is 12.2. The minimum atomic E-state index is -0.719. The topological polar surface area (TPSA) is 88.8 Å². The van der Waals surface area contributed by atoms with E-state index in [0.717, 1.165) is 12.8 Å². The van der Waals surface area contributed by atoms with Crippen LogP contribution in [-0.2, 0) is 19.0 Å². The van der Waals surface area contributed by atoms with E-state index in [-0.39, 0.29) is 24.9 Å². The first kappa shape index (κ1) is 16.0. The van der Waals surface area contributed by atoms with Gasteiger partial charge < -0.3 is 19.3 Å². The monoisotopic (exact) mass is 295 g/mol. The molecule has 4 unspecified atom stereocenters. The SMILES string of the molecule is COC(=O)/C=C/C1CC2(CO)OC(CCC#N)CCC2O1. The van der Waals surface area contributed by atoms with Gasteiger partial charge in [0.25, 0.3) is 0 Å². The molecule has 1 N–H and O–H groups in total. The molecule has 0 bridgehead atoms. The van der Waals surface area contributed by atoms with Crippen LogP contribution in [0.3, 0.4) is 0 Å². The lowest BCUT2D eigenvalue weighted by Crippen LogP contribution is -2.51. The number of carbonyl (C=O) groups excluding carboxylic acids is 1. The Morgan fingerprint density at radius 3 is 3.05 bits per heavy atom. The number of hydrogen-bond donors (Lipinski definition) is 1. The van der Waals surface area contributed by atoms with Gasteiger partial charge in [-0.05, 0) is 25.3 Å². The van der Waals surface area contributed by atoms with Crippen LogP contribution in [0, 0.1) is 11.3 Å². The molecule has 4 atom stereocenters. The van der Waals surface area contributed by atoms with Gasteiger partial charge in [0.15, 0.2) is 0 Å². The van der Waals surface area contributed by atoms with Crippen molar-refractivity contribution in [2.45, 2.75) is 56.0 Å². The van der Waals surface area contributed by atoms with Crippen LogP contribution < -0.4 is 0 Å². The number of nitriles is 1. The standard InChI is InChI=1S/C15H21NO5/c1-19-14(18)7-5-12-9-15(10-17)13(20-12)6-4-11(21-15)3-2-8-16/h5,7,11-13,17H,2-4,6,9-10H2,1H3/b7-5+. The van der Waals surface area contributed by atoms with Crippen LogP contribution in [0.4, 0.5) is 0 Å². The molecule has 2 heterocycles. The molecule has 2 aliphatic rings. The van der Waals surface area contributed by atoms with Crippen LogP contribution in [0.5, 0.6) is 0 Å². The molecule has 21 heavy (non-hydrogen) atoms. The van der Waals surface area contributed by atoms with Gasteiger partial charge in [-0.25, -0.2) is 4.79 Å². The molecular weight excluding hydrogens is 274 g/mol. The maximum atomic E-state index is 11.1. The number of nitrogens with zero attached hydrogens (tertiary/aromatic N) is 1. The molecule has 0 amide bonds. The van der Waals surface area contributed by atoms with Crippen LogP contribution in [-0.4, -0.2) is 48.7 Å². The van der Waals surface area contributed by atoms with E-state index >= 15 is 0 Å². The number of aliphatic hydroxyl groups is 1. The van der Waals surface area contributed by atoms with Crippen LogP contribution >= 0.6 is 0 Å². The molecule has 0 radical (unpaired) electrons. The summed E-state index contributed by atoms with van der Waals surface area (Å²) in [5.74, 6) is -0.431. The van der Waals surface area contributed by atoms with E-state index in [2.05, 4.69) is 10.8 Å². The second-order valence-corrected chi connectivity index (χ2v) is 5.49. The predicted octanol–water partition coefficient (Wildman–Crippen LogP) is 1.09. The van der Waals surface area contributed by atoms with Gasteiger partial charge >= 0.3 is 5.97 Å². The Hall–Kier alpha value is -1.42. The smallest absolute Gasteiger partial charge is 0.330 e. The number of carbonyl (C=O) groups is 1. The number of ether oxygens (including phenoxy) is 3. The average Bonchev–Trinajstić information content (AvgIpc) is 2.88.